The minimum absolute atomic E-state index is 0.345. The average Bonchev–Trinajstić information content (AvgIpc) is 2.54. The van der Waals surface area contributed by atoms with Gasteiger partial charge in [0.2, 0.25) is 0 Å². The molecule has 0 radical (unpaired) electrons. The predicted octanol–water partition coefficient (Wildman–Crippen LogP) is 0.266. The van der Waals surface area contributed by atoms with E-state index >= 15 is 0 Å². The van der Waals surface area contributed by atoms with Crippen LogP contribution in [0.5, 0.6) is 11.5 Å². The smallest absolute Gasteiger partial charge is 0.274 e. The molecule has 1 aliphatic heterocycles. The molecule has 25 heavy (non-hydrogen) atoms. The Labute approximate surface area is 146 Å². The summed E-state index contributed by atoms with van der Waals surface area (Å²) in [5, 5.41) is 14.1. The molecule has 10 heteroatoms. The number of nitrogens with one attached hydrogen (secondary N) is 1. The number of methoxy groups -OCH3 is 2. The molecule has 136 valence electrons. The number of benzene rings is 1. The molecule has 0 bridgehead atoms. The van der Waals surface area contributed by atoms with Gasteiger partial charge in [0.05, 0.1) is 31.6 Å². The SMILES string of the molecule is COc1cc2nncc(N3CC(CCNS(N)(=O)=O)C3)c2cc1OC. The zero-order chi connectivity index (χ0) is 18.0. The Morgan fingerprint density at radius 1 is 1.28 bits per heavy atom. The number of anilines is 1. The maximum Gasteiger partial charge on any atom is 0.274 e. The van der Waals surface area contributed by atoms with E-state index in [1.807, 2.05) is 6.07 Å². The highest BCUT2D eigenvalue weighted by Crippen LogP contribution is 2.37. The van der Waals surface area contributed by atoms with Gasteiger partial charge in [-0.15, -0.1) is 0 Å². The lowest BCUT2D eigenvalue weighted by molar-refractivity contribution is 0.355. The first kappa shape index (κ1) is 17.6. The van der Waals surface area contributed by atoms with E-state index in [0.717, 1.165) is 36.1 Å². The molecule has 3 rings (SSSR count). The normalized spacial score (nSPS) is 15.2. The van der Waals surface area contributed by atoms with E-state index in [1.165, 1.54) is 0 Å². The fourth-order valence-electron chi connectivity index (χ4n) is 2.98. The van der Waals surface area contributed by atoms with Crippen molar-refractivity contribution in [1.29, 1.82) is 0 Å². The molecular formula is C15H21N5O4S. The standard InChI is InChI=1S/C15H21N5O4S/c1-23-14-5-11-12(6-15(14)24-2)19-17-7-13(11)20-8-10(9-20)3-4-18-25(16,21)22/h5-7,10,18H,3-4,8-9H2,1-2H3,(H2,16,21,22). The van der Waals surface area contributed by atoms with Crippen LogP contribution in [-0.4, -0.2) is 52.5 Å². The van der Waals surface area contributed by atoms with Crippen molar-refractivity contribution in [2.24, 2.45) is 11.1 Å². The number of hydrogen-bond acceptors (Lipinski definition) is 7. The van der Waals surface area contributed by atoms with E-state index in [4.69, 9.17) is 14.6 Å². The first-order chi connectivity index (χ1) is 11.9. The maximum absolute atomic E-state index is 10.9. The quantitative estimate of drug-likeness (QED) is 0.720. The molecule has 9 nitrogen and oxygen atoms in total. The van der Waals surface area contributed by atoms with Crippen molar-refractivity contribution in [2.75, 3.05) is 38.8 Å². The fraction of sp³-hybridized carbons (Fsp3) is 0.467. The highest BCUT2D eigenvalue weighted by molar-refractivity contribution is 7.87. The summed E-state index contributed by atoms with van der Waals surface area (Å²) in [6, 6.07) is 3.70. The van der Waals surface area contributed by atoms with E-state index in [0.29, 0.717) is 24.0 Å². The van der Waals surface area contributed by atoms with Crippen LogP contribution in [0.4, 0.5) is 5.69 Å². The number of rotatable bonds is 7. The van der Waals surface area contributed by atoms with Crippen molar-refractivity contribution in [3.05, 3.63) is 18.3 Å². The molecule has 1 aromatic heterocycles. The number of aromatic nitrogens is 2. The van der Waals surface area contributed by atoms with Gasteiger partial charge in [-0.05, 0) is 18.4 Å². The highest BCUT2D eigenvalue weighted by Gasteiger charge is 2.28. The number of nitrogens with zero attached hydrogens (tertiary/aromatic N) is 3. The van der Waals surface area contributed by atoms with Crippen molar-refractivity contribution in [3.63, 3.8) is 0 Å². The van der Waals surface area contributed by atoms with Crippen molar-refractivity contribution < 1.29 is 17.9 Å². The van der Waals surface area contributed by atoms with E-state index in [1.54, 1.807) is 26.5 Å². The summed E-state index contributed by atoms with van der Waals surface area (Å²) in [6.45, 7) is 1.99. The second-order valence-electron chi connectivity index (χ2n) is 5.95. The molecule has 1 aliphatic rings. The van der Waals surface area contributed by atoms with Crippen LogP contribution in [0.2, 0.25) is 0 Å². The first-order valence-electron chi connectivity index (χ1n) is 7.81. The molecule has 2 heterocycles. The zero-order valence-electron chi connectivity index (χ0n) is 14.1. The summed E-state index contributed by atoms with van der Waals surface area (Å²) in [7, 11) is -0.447. The second-order valence-corrected chi connectivity index (χ2v) is 7.33. The molecule has 0 spiro atoms. The molecule has 0 saturated carbocycles. The Balaban J connectivity index is 1.73. The van der Waals surface area contributed by atoms with Gasteiger partial charge in [0.25, 0.3) is 10.2 Å². The third-order valence-corrected chi connectivity index (χ3v) is 4.88. The van der Waals surface area contributed by atoms with Gasteiger partial charge in [0, 0.05) is 31.1 Å². The van der Waals surface area contributed by atoms with Crippen LogP contribution in [0.25, 0.3) is 10.9 Å². The van der Waals surface area contributed by atoms with E-state index in [-0.39, 0.29) is 0 Å². The molecular weight excluding hydrogens is 346 g/mol. The topological polar surface area (TPSA) is 120 Å². The Hall–Kier alpha value is -2.17. The zero-order valence-corrected chi connectivity index (χ0v) is 14.9. The molecule has 0 unspecified atom stereocenters. The van der Waals surface area contributed by atoms with Crippen LogP contribution in [-0.2, 0) is 10.2 Å². The summed E-state index contributed by atoms with van der Waals surface area (Å²) >= 11 is 0. The van der Waals surface area contributed by atoms with Gasteiger partial charge in [0.1, 0.15) is 0 Å². The number of hydrogen-bond donors (Lipinski definition) is 2. The lowest BCUT2D eigenvalue weighted by Crippen LogP contribution is -2.48. The molecule has 1 saturated heterocycles. The third-order valence-electron chi connectivity index (χ3n) is 4.28. The van der Waals surface area contributed by atoms with Gasteiger partial charge >= 0.3 is 0 Å². The highest BCUT2D eigenvalue weighted by atomic mass is 32.2. The Morgan fingerprint density at radius 3 is 2.60 bits per heavy atom. The van der Waals surface area contributed by atoms with Gasteiger partial charge in [-0.3, -0.25) is 0 Å². The second kappa shape index (κ2) is 6.98. The Kier molecular flexibility index (Phi) is 4.93. The van der Waals surface area contributed by atoms with E-state index < -0.39 is 10.2 Å². The molecule has 0 atom stereocenters. The van der Waals surface area contributed by atoms with Crippen LogP contribution in [0.15, 0.2) is 18.3 Å². The van der Waals surface area contributed by atoms with Crippen molar-refractivity contribution in [3.8, 4) is 11.5 Å². The fourth-order valence-corrected chi connectivity index (χ4v) is 3.38. The predicted molar refractivity (Wildman–Crippen MR) is 94.1 cm³/mol. The first-order valence-corrected chi connectivity index (χ1v) is 9.35. The molecule has 1 aromatic carbocycles. The van der Waals surface area contributed by atoms with Crippen LogP contribution in [0, 0.1) is 5.92 Å². The maximum atomic E-state index is 10.9. The number of nitrogens with two attached hydrogens (primary N) is 1. The molecule has 2 aromatic rings. The monoisotopic (exact) mass is 367 g/mol. The Morgan fingerprint density at radius 2 is 1.96 bits per heavy atom. The van der Waals surface area contributed by atoms with Gasteiger partial charge in [-0.25, -0.2) is 9.86 Å². The minimum Gasteiger partial charge on any atom is -0.493 e. The molecule has 3 N–H and O–H groups in total. The molecule has 0 aliphatic carbocycles. The van der Waals surface area contributed by atoms with Gasteiger partial charge in [-0.1, -0.05) is 0 Å². The Bertz CT molecular complexity index is 868. The summed E-state index contributed by atoms with van der Waals surface area (Å²) < 4.78 is 34.7. The van der Waals surface area contributed by atoms with Crippen LogP contribution in [0.1, 0.15) is 6.42 Å². The van der Waals surface area contributed by atoms with Crippen molar-refractivity contribution in [1.82, 2.24) is 14.9 Å². The summed E-state index contributed by atoms with van der Waals surface area (Å²) in [5.74, 6) is 1.65. The van der Waals surface area contributed by atoms with E-state index in [9.17, 15) is 8.42 Å². The summed E-state index contributed by atoms with van der Waals surface area (Å²) in [6.07, 6.45) is 2.47. The van der Waals surface area contributed by atoms with Gasteiger partial charge in [-0.2, -0.15) is 18.6 Å². The molecule has 1 fully saturated rings. The third kappa shape index (κ3) is 3.91. The summed E-state index contributed by atoms with van der Waals surface area (Å²) in [4.78, 5) is 2.19. The van der Waals surface area contributed by atoms with Crippen LogP contribution >= 0.6 is 0 Å². The van der Waals surface area contributed by atoms with Crippen LogP contribution in [0.3, 0.4) is 0 Å². The summed E-state index contributed by atoms with van der Waals surface area (Å²) in [5.41, 5.74) is 1.70. The van der Waals surface area contributed by atoms with Gasteiger partial charge in [0.15, 0.2) is 11.5 Å². The number of ether oxygens (including phenoxy) is 2. The van der Waals surface area contributed by atoms with Crippen LogP contribution < -0.4 is 24.2 Å². The minimum atomic E-state index is -3.62. The van der Waals surface area contributed by atoms with Crippen molar-refractivity contribution in [2.45, 2.75) is 6.42 Å². The van der Waals surface area contributed by atoms with Gasteiger partial charge < -0.3 is 14.4 Å². The lowest BCUT2D eigenvalue weighted by atomic mass is 9.95. The average molecular weight is 367 g/mol. The largest absolute Gasteiger partial charge is 0.493 e. The lowest BCUT2D eigenvalue weighted by Gasteiger charge is -2.41. The van der Waals surface area contributed by atoms with Crippen molar-refractivity contribution >= 4 is 26.8 Å². The molecule has 0 amide bonds. The number of fused-ring (bicyclic) bond motifs is 1. The van der Waals surface area contributed by atoms with E-state index in [2.05, 4.69) is 19.8 Å².